The Morgan fingerprint density at radius 3 is 2.24 bits per heavy atom. The summed E-state index contributed by atoms with van der Waals surface area (Å²) in [5.41, 5.74) is 1.72. The highest BCUT2D eigenvalue weighted by atomic mass is 16.3. The summed E-state index contributed by atoms with van der Waals surface area (Å²) in [6.07, 6.45) is 0. The molecule has 3 heteroatoms. The van der Waals surface area contributed by atoms with Gasteiger partial charge in [-0.05, 0) is 45.5 Å². The van der Waals surface area contributed by atoms with E-state index in [-0.39, 0.29) is 0 Å². The molecule has 96 valence electrons. The molecule has 0 aliphatic rings. The molecule has 3 nitrogen and oxygen atoms in total. The Morgan fingerprint density at radius 2 is 1.82 bits per heavy atom. The van der Waals surface area contributed by atoms with Crippen molar-refractivity contribution in [3.8, 4) is 0 Å². The van der Waals surface area contributed by atoms with Crippen LogP contribution in [0.5, 0.6) is 0 Å². The van der Waals surface area contributed by atoms with Crippen LogP contribution in [-0.2, 0) is 0 Å². The monoisotopic (exact) mass is 236 g/mol. The first-order valence-electron chi connectivity index (χ1n) is 6.04. The van der Waals surface area contributed by atoms with Gasteiger partial charge in [0.15, 0.2) is 0 Å². The molecule has 0 radical (unpaired) electrons. The number of aliphatic hydroxyl groups is 1. The summed E-state index contributed by atoms with van der Waals surface area (Å²) < 4.78 is 0. The molecular formula is C14H24N2O. The highest BCUT2D eigenvalue weighted by Crippen LogP contribution is 2.19. The van der Waals surface area contributed by atoms with Gasteiger partial charge in [0.1, 0.15) is 0 Å². The van der Waals surface area contributed by atoms with E-state index < -0.39 is 5.60 Å². The number of nitrogens with one attached hydrogen (secondary N) is 1. The molecule has 2 N–H and O–H groups in total. The van der Waals surface area contributed by atoms with E-state index in [9.17, 15) is 5.11 Å². The fraction of sp³-hybridized carbons (Fsp3) is 0.571. The zero-order chi connectivity index (χ0) is 13.1. The van der Waals surface area contributed by atoms with Crippen LogP contribution in [0.2, 0.25) is 0 Å². The molecule has 0 aliphatic carbocycles. The van der Waals surface area contributed by atoms with Gasteiger partial charge < -0.3 is 15.3 Å². The smallest absolute Gasteiger partial charge is 0.0765 e. The van der Waals surface area contributed by atoms with Crippen molar-refractivity contribution in [3.63, 3.8) is 0 Å². The largest absolute Gasteiger partial charge is 0.389 e. The summed E-state index contributed by atoms with van der Waals surface area (Å²) in [6.45, 7) is 6.39. The highest BCUT2D eigenvalue weighted by Gasteiger charge is 2.15. The third-order valence-electron chi connectivity index (χ3n) is 2.89. The third-order valence-corrected chi connectivity index (χ3v) is 2.89. The van der Waals surface area contributed by atoms with Gasteiger partial charge >= 0.3 is 0 Å². The first-order chi connectivity index (χ1) is 7.83. The van der Waals surface area contributed by atoms with Crippen LogP contribution in [0.15, 0.2) is 24.3 Å². The van der Waals surface area contributed by atoms with Crippen molar-refractivity contribution in [3.05, 3.63) is 29.8 Å². The van der Waals surface area contributed by atoms with Crippen molar-refractivity contribution >= 4 is 5.69 Å². The van der Waals surface area contributed by atoms with E-state index in [4.69, 9.17) is 0 Å². The van der Waals surface area contributed by atoms with Crippen molar-refractivity contribution in [1.82, 2.24) is 5.32 Å². The fourth-order valence-corrected chi connectivity index (χ4v) is 1.86. The van der Waals surface area contributed by atoms with E-state index in [0.717, 1.165) is 5.69 Å². The normalized spacial score (nSPS) is 13.5. The predicted molar refractivity (Wildman–Crippen MR) is 73.5 cm³/mol. The molecule has 1 aromatic carbocycles. The van der Waals surface area contributed by atoms with E-state index in [1.54, 1.807) is 0 Å². The number of likely N-dealkylation sites (N-methyl/N-ethyl adjacent to an activating group) is 1. The number of anilines is 1. The Kier molecular flexibility index (Phi) is 4.54. The number of rotatable bonds is 5. The van der Waals surface area contributed by atoms with Gasteiger partial charge in [-0.15, -0.1) is 0 Å². The number of hydrogen-bond acceptors (Lipinski definition) is 3. The summed E-state index contributed by atoms with van der Waals surface area (Å²) in [5, 5.41) is 13.0. The summed E-state index contributed by atoms with van der Waals surface area (Å²) in [6, 6.07) is 8.79. The quantitative estimate of drug-likeness (QED) is 0.822. The van der Waals surface area contributed by atoms with Gasteiger partial charge in [0.25, 0.3) is 0 Å². The van der Waals surface area contributed by atoms with E-state index in [1.807, 2.05) is 27.9 Å². The van der Waals surface area contributed by atoms with E-state index in [0.29, 0.717) is 12.6 Å². The summed E-state index contributed by atoms with van der Waals surface area (Å²) in [4.78, 5) is 2.06. The fourth-order valence-electron chi connectivity index (χ4n) is 1.86. The Balaban J connectivity index is 2.74. The Morgan fingerprint density at radius 1 is 1.29 bits per heavy atom. The summed E-state index contributed by atoms with van der Waals surface area (Å²) in [7, 11) is 3.95. The lowest BCUT2D eigenvalue weighted by atomic mass is 10.1. The van der Waals surface area contributed by atoms with Crippen molar-refractivity contribution in [2.45, 2.75) is 32.4 Å². The topological polar surface area (TPSA) is 35.5 Å². The minimum Gasteiger partial charge on any atom is -0.389 e. The molecule has 1 atom stereocenters. The number of nitrogens with zero attached hydrogens (tertiary/aromatic N) is 1. The molecule has 0 spiro atoms. The second-order valence-corrected chi connectivity index (χ2v) is 5.27. The first kappa shape index (κ1) is 14.0. The first-order valence-corrected chi connectivity index (χ1v) is 6.04. The molecule has 0 bridgehead atoms. The minimum atomic E-state index is -0.675. The SMILES string of the molecule is CNC(C)c1ccc(N(C)CC(C)(C)O)cc1. The number of hydrogen-bond donors (Lipinski definition) is 2. The lowest BCUT2D eigenvalue weighted by Gasteiger charge is -2.27. The van der Waals surface area contributed by atoms with Gasteiger partial charge in [-0.3, -0.25) is 0 Å². The Hall–Kier alpha value is -1.06. The third kappa shape index (κ3) is 4.36. The molecule has 0 saturated heterocycles. The maximum Gasteiger partial charge on any atom is 0.0765 e. The molecule has 17 heavy (non-hydrogen) atoms. The van der Waals surface area contributed by atoms with Crippen molar-refractivity contribution in [2.24, 2.45) is 0 Å². The molecule has 0 saturated carbocycles. The zero-order valence-electron chi connectivity index (χ0n) is 11.5. The van der Waals surface area contributed by atoms with Crippen LogP contribution in [0.4, 0.5) is 5.69 Å². The van der Waals surface area contributed by atoms with Crippen molar-refractivity contribution in [1.29, 1.82) is 0 Å². The average Bonchev–Trinajstić information content (AvgIpc) is 2.26. The van der Waals surface area contributed by atoms with E-state index >= 15 is 0 Å². The standard InChI is InChI=1S/C14H24N2O/c1-11(15-4)12-6-8-13(9-7-12)16(5)10-14(2,3)17/h6-9,11,15,17H,10H2,1-5H3. The van der Waals surface area contributed by atoms with Crippen LogP contribution < -0.4 is 10.2 Å². The predicted octanol–water partition coefficient (Wildman–Crippen LogP) is 2.17. The van der Waals surface area contributed by atoms with Crippen LogP contribution in [0.3, 0.4) is 0 Å². The maximum atomic E-state index is 9.78. The molecule has 0 aromatic heterocycles. The summed E-state index contributed by atoms with van der Waals surface area (Å²) in [5.74, 6) is 0. The van der Waals surface area contributed by atoms with Gasteiger partial charge in [-0.25, -0.2) is 0 Å². The Labute approximate surface area is 104 Å². The average molecular weight is 236 g/mol. The number of benzene rings is 1. The second kappa shape index (κ2) is 5.52. The second-order valence-electron chi connectivity index (χ2n) is 5.27. The summed E-state index contributed by atoms with van der Waals surface area (Å²) >= 11 is 0. The molecular weight excluding hydrogens is 212 g/mol. The minimum absolute atomic E-state index is 0.364. The molecule has 1 rings (SSSR count). The molecule has 0 amide bonds. The molecule has 1 unspecified atom stereocenters. The molecule has 0 aliphatic heterocycles. The van der Waals surface area contributed by atoms with Gasteiger partial charge in [0.2, 0.25) is 0 Å². The molecule has 1 aromatic rings. The Bertz CT molecular complexity index is 340. The van der Waals surface area contributed by atoms with Gasteiger partial charge in [0.05, 0.1) is 5.60 Å². The highest BCUT2D eigenvalue weighted by molar-refractivity contribution is 5.47. The zero-order valence-corrected chi connectivity index (χ0v) is 11.5. The van der Waals surface area contributed by atoms with Gasteiger partial charge in [0, 0.05) is 25.3 Å². The van der Waals surface area contributed by atoms with Gasteiger partial charge in [-0.1, -0.05) is 12.1 Å². The van der Waals surface area contributed by atoms with Crippen LogP contribution >= 0.6 is 0 Å². The van der Waals surface area contributed by atoms with Gasteiger partial charge in [-0.2, -0.15) is 0 Å². The van der Waals surface area contributed by atoms with Crippen LogP contribution in [0.25, 0.3) is 0 Å². The van der Waals surface area contributed by atoms with Crippen molar-refractivity contribution < 1.29 is 5.11 Å². The van der Waals surface area contributed by atoms with Crippen molar-refractivity contribution in [2.75, 3.05) is 25.5 Å². The lowest BCUT2D eigenvalue weighted by Crippen LogP contribution is -2.36. The maximum absolute atomic E-state index is 9.78. The van der Waals surface area contributed by atoms with Crippen LogP contribution in [-0.4, -0.2) is 31.3 Å². The molecule has 0 fully saturated rings. The van der Waals surface area contributed by atoms with Crippen LogP contribution in [0.1, 0.15) is 32.4 Å². The van der Waals surface area contributed by atoms with Crippen LogP contribution in [0, 0.1) is 0 Å². The molecule has 0 heterocycles. The lowest BCUT2D eigenvalue weighted by molar-refractivity contribution is 0.0886. The van der Waals surface area contributed by atoms with E-state index in [2.05, 4.69) is 41.4 Å². The van der Waals surface area contributed by atoms with E-state index in [1.165, 1.54) is 5.56 Å².